The van der Waals surface area contributed by atoms with Gasteiger partial charge in [-0.3, -0.25) is 9.59 Å². The Balaban J connectivity index is 0. The van der Waals surface area contributed by atoms with Crippen molar-refractivity contribution in [2.45, 2.75) is 13.3 Å². The molecule has 5 heteroatoms. The van der Waals surface area contributed by atoms with Crippen molar-refractivity contribution >= 4 is 19.8 Å². The van der Waals surface area contributed by atoms with Crippen LogP contribution in [0.1, 0.15) is 13.3 Å². The first-order valence-electron chi connectivity index (χ1n) is 1.82. The van der Waals surface area contributed by atoms with E-state index in [-0.39, 0.29) is 45.1 Å². The molecule has 0 aromatic rings. The van der Waals surface area contributed by atoms with Crippen LogP contribution in [0.4, 0.5) is 0 Å². The van der Waals surface area contributed by atoms with Gasteiger partial charge in [-0.1, -0.05) is 0 Å². The molecule has 0 aromatic heterocycles. The van der Waals surface area contributed by atoms with Crippen molar-refractivity contribution in [1.82, 2.24) is 0 Å². The minimum Gasteiger partial charge on any atom is -0.696 e. The van der Waals surface area contributed by atoms with Crippen molar-refractivity contribution in [3.8, 4) is 0 Å². The van der Waals surface area contributed by atoms with Crippen LogP contribution in [-0.4, -0.2) is 19.8 Å². The van der Waals surface area contributed by atoms with Crippen LogP contribution < -0.4 is 18.9 Å². The SMILES string of the molecule is [BH3-]OC(=O)CC(C)=O.[Li+]. The molecule has 0 amide bonds. The third-order valence-corrected chi connectivity index (χ3v) is 0.393. The number of hydrogen-bond acceptors (Lipinski definition) is 3. The summed E-state index contributed by atoms with van der Waals surface area (Å²) < 4.78 is 4.45. The van der Waals surface area contributed by atoms with Crippen molar-refractivity contribution in [3.63, 3.8) is 0 Å². The molecule has 0 atom stereocenters. The number of carbonyl (C=O) groups excluding carboxylic acids is 2. The molecule has 0 aliphatic rings. The van der Waals surface area contributed by atoms with Crippen LogP contribution in [0, 0.1) is 0 Å². The normalized spacial score (nSPS) is 7.33. The largest absolute Gasteiger partial charge is 1.00 e. The number of carbonyl (C=O) groups is 2. The third-order valence-electron chi connectivity index (χ3n) is 0.393. The summed E-state index contributed by atoms with van der Waals surface area (Å²) in [7, 11) is -0.326. The van der Waals surface area contributed by atoms with E-state index in [9.17, 15) is 9.59 Å². The second-order valence-electron chi connectivity index (χ2n) is 1.25. The van der Waals surface area contributed by atoms with Crippen LogP contribution in [-0.2, 0) is 14.2 Å². The fraction of sp³-hybridized carbons (Fsp3) is 0.500. The van der Waals surface area contributed by atoms with Crippen LogP contribution in [0.25, 0.3) is 0 Å². The maximum atomic E-state index is 10.2. The van der Waals surface area contributed by atoms with Crippen molar-refractivity contribution in [2.75, 3.05) is 0 Å². The molecule has 9 heavy (non-hydrogen) atoms. The second kappa shape index (κ2) is 5.93. The number of hydrogen-bond donors (Lipinski definition) is 0. The molecule has 0 heterocycles. The average Bonchev–Trinajstić information content (AvgIpc) is 1.65. The Bertz CT molecular complexity index is 114. The van der Waals surface area contributed by atoms with E-state index in [0.29, 0.717) is 0 Å². The maximum Gasteiger partial charge on any atom is 1.00 e. The van der Waals surface area contributed by atoms with Gasteiger partial charge in [0.25, 0.3) is 5.97 Å². The summed E-state index contributed by atoms with van der Waals surface area (Å²) in [6, 6.07) is 0. The maximum absolute atomic E-state index is 10.2. The molecule has 0 aliphatic heterocycles. The first-order chi connectivity index (χ1) is 3.66. The Morgan fingerprint density at radius 3 is 2.11 bits per heavy atom. The summed E-state index contributed by atoms with van der Waals surface area (Å²) in [4.78, 5) is 20.4. The molecule has 0 saturated carbocycles. The third kappa shape index (κ3) is 7.80. The quantitative estimate of drug-likeness (QED) is 0.275. The molecule has 0 spiro atoms. The van der Waals surface area contributed by atoms with Gasteiger partial charge in [-0.05, 0) is 6.92 Å². The Morgan fingerprint density at radius 1 is 1.56 bits per heavy atom. The van der Waals surface area contributed by atoms with Gasteiger partial charge in [0.05, 0.1) is 6.42 Å². The molecule has 0 saturated heterocycles. The fourth-order valence-electron chi connectivity index (χ4n) is 0.203. The Labute approximate surface area is 66.8 Å². The summed E-state index contributed by atoms with van der Waals surface area (Å²) in [5.74, 6) is -0.493. The van der Waals surface area contributed by atoms with E-state index in [4.69, 9.17) is 0 Å². The first kappa shape index (κ1) is 11.6. The number of rotatable bonds is 2. The summed E-state index contributed by atoms with van der Waals surface area (Å²) in [5.41, 5.74) is 0. The van der Waals surface area contributed by atoms with Crippen molar-refractivity contribution in [3.05, 3.63) is 0 Å². The molecule has 0 aromatic carbocycles. The van der Waals surface area contributed by atoms with Gasteiger partial charge in [-0.2, -0.15) is 0 Å². The molecule has 0 unspecified atom stereocenters. The van der Waals surface area contributed by atoms with Gasteiger partial charge in [-0.25, -0.2) is 0 Å². The van der Waals surface area contributed by atoms with E-state index in [1.807, 2.05) is 0 Å². The van der Waals surface area contributed by atoms with Gasteiger partial charge >= 0.3 is 18.9 Å². The zero-order chi connectivity index (χ0) is 6.57. The zero-order valence-corrected chi connectivity index (χ0v) is 4.93. The smallest absolute Gasteiger partial charge is 0.696 e. The van der Waals surface area contributed by atoms with Crippen molar-refractivity contribution in [1.29, 1.82) is 0 Å². The van der Waals surface area contributed by atoms with E-state index in [1.54, 1.807) is 0 Å². The number of ketones is 1. The molecule has 3 nitrogen and oxygen atoms in total. The van der Waals surface area contributed by atoms with Gasteiger partial charge in [0.2, 0.25) is 0 Å². The van der Waals surface area contributed by atoms with Crippen molar-refractivity contribution < 1.29 is 33.1 Å². The minimum atomic E-state index is -0.363. The molecule has 46 valence electrons. The van der Waals surface area contributed by atoms with E-state index < -0.39 is 0 Å². The minimum absolute atomic E-state index is 0. The monoisotopic (exact) mass is 122 g/mol. The molecular formula is C4H8BLiO3. The Morgan fingerprint density at radius 2 is 2.00 bits per heavy atom. The molecular weight excluding hydrogens is 114 g/mol. The first-order valence-corrected chi connectivity index (χ1v) is 1.82. The predicted molar refractivity (Wildman–Crippen MR) is 31.3 cm³/mol. The predicted octanol–water partition coefficient (Wildman–Crippen LogP) is -4.21. The Hall–Kier alpha value is -0.198. The van der Waals surface area contributed by atoms with E-state index >= 15 is 0 Å². The molecule has 0 aliphatic carbocycles. The van der Waals surface area contributed by atoms with Gasteiger partial charge < -0.3 is 4.65 Å². The standard InChI is InChI=1S/C4H8BO3.Li/c1-3(6)2-4(7)8-5;/h2H2,1,5H3;/q-1;+1. The van der Waals surface area contributed by atoms with Gasteiger partial charge in [-0.15, -0.1) is 0 Å². The summed E-state index contributed by atoms with van der Waals surface area (Å²) in [6.45, 7) is 1.37. The molecule has 0 rings (SSSR count). The van der Waals surface area contributed by atoms with Crippen LogP contribution in [0.5, 0.6) is 0 Å². The number of Topliss-reactive ketones (excluding diaryl/α,β-unsaturated/α-hetero) is 1. The Kier molecular flexibility index (Phi) is 7.63. The molecule has 0 N–H and O–H groups in total. The average molecular weight is 122 g/mol. The molecule has 0 fully saturated rings. The van der Waals surface area contributed by atoms with Gasteiger partial charge in [0.1, 0.15) is 13.8 Å². The summed E-state index contributed by atoms with van der Waals surface area (Å²) in [6.07, 6.45) is -0.0521. The van der Waals surface area contributed by atoms with Crippen LogP contribution >= 0.6 is 0 Å². The van der Waals surface area contributed by atoms with Gasteiger partial charge in [0.15, 0.2) is 0 Å². The van der Waals surface area contributed by atoms with Crippen LogP contribution in [0.3, 0.4) is 0 Å². The molecule has 0 radical (unpaired) electrons. The van der Waals surface area contributed by atoms with E-state index in [1.165, 1.54) is 6.92 Å². The van der Waals surface area contributed by atoms with Crippen LogP contribution in [0.15, 0.2) is 0 Å². The second-order valence-corrected chi connectivity index (χ2v) is 1.25. The zero-order valence-electron chi connectivity index (χ0n) is 4.93. The van der Waals surface area contributed by atoms with Crippen molar-refractivity contribution in [2.24, 2.45) is 0 Å². The fourth-order valence-corrected chi connectivity index (χ4v) is 0.203. The molecule has 0 bridgehead atoms. The van der Waals surface area contributed by atoms with Crippen LogP contribution in [0.2, 0.25) is 0 Å². The summed E-state index contributed by atoms with van der Waals surface area (Å²) in [5, 5.41) is 0. The van der Waals surface area contributed by atoms with Gasteiger partial charge in [0, 0.05) is 0 Å². The van der Waals surface area contributed by atoms with E-state index in [2.05, 4.69) is 4.65 Å². The topological polar surface area (TPSA) is 43.4 Å². The summed E-state index contributed by atoms with van der Waals surface area (Å²) >= 11 is 0. The van der Waals surface area contributed by atoms with E-state index in [0.717, 1.165) is 0 Å².